The Bertz CT molecular complexity index is 589. The van der Waals surface area contributed by atoms with Crippen molar-refractivity contribution in [1.82, 2.24) is 19.6 Å². The van der Waals surface area contributed by atoms with E-state index in [-0.39, 0.29) is 24.3 Å². The van der Waals surface area contributed by atoms with Crippen LogP contribution in [0, 0.1) is 19.8 Å². The minimum absolute atomic E-state index is 0.0162. The first kappa shape index (κ1) is 16.0. The van der Waals surface area contributed by atoms with Crippen LogP contribution in [0.3, 0.4) is 0 Å². The third-order valence-corrected chi connectivity index (χ3v) is 4.95. The number of aryl methyl sites for hydroxylation is 2. The molecule has 2 aliphatic heterocycles. The largest absolute Gasteiger partial charge is 0.342 e. The summed E-state index contributed by atoms with van der Waals surface area (Å²) in [7, 11) is 0. The van der Waals surface area contributed by atoms with Gasteiger partial charge in [-0.05, 0) is 45.6 Å². The zero-order valence-corrected chi connectivity index (χ0v) is 14.1. The maximum atomic E-state index is 12.6. The van der Waals surface area contributed by atoms with E-state index in [0.717, 1.165) is 43.7 Å². The summed E-state index contributed by atoms with van der Waals surface area (Å²) in [5.41, 5.74) is 1.92. The summed E-state index contributed by atoms with van der Waals surface area (Å²) < 4.78 is 1.75. The van der Waals surface area contributed by atoms with Crippen molar-refractivity contribution in [3.63, 3.8) is 0 Å². The standard InChI is InChI=1S/C17H26N4O2/c1-13-10-14(2)21(18-13)12-16(22)20-9-6-15(11-20)17(23)19-7-4-3-5-8-19/h10,15H,3-9,11-12H2,1-2H3/t15-/m0/s1. The highest BCUT2D eigenvalue weighted by atomic mass is 16.2. The predicted octanol–water partition coefficient (Wildman–Crippen LogP) is 1.36. The summed E-state index contributed by atoms with van der Waals surface area (Å²) >= 11 is 0. The second-order valence-electron chi connectivity index (χ2n) is 6.80. The lowest BCUT2D eigenvalue weighted by Crippen LogP contribution is -2.41. The van der Waals surface area contributed by atoms with E-state index in [1.54, 1.807) is 4.68 Å². The molecule has 0 radical (unpaired) electrons. The van der Waals surface area contributed by atoms with Crippen molar-refractivity contribution in [2.24, 2.45) is 5.92 Å². The van der Waals surface area contributed by atoms with Crippen LogP contribution in [0.25, 0.3) is 0 Å². The van der Waals surface area contributed by atoms with Crippen molar-refractivity contribution >= 4 is 11.8 Å². The van der Waals surface area contributed by atoms with E-state index in [1.807, 2.05) is 29.7 Å². The normalized spacial score (nSPS) is 21.7. The summed E-state index contributed by atoms with van der Waals surface area (Å²) in [5, 5.41) is 4.34. The second kappa shape index (κ2) is 6.72. The number of amides is 2. The molecular weight excluding hydrogens is 292 g/mol. The first-order valence-corrected chi connectivity index (χ1v) is 8.62. The highest BCUT2D eigenvalue weighted by Crippen LogP contribution is 2.21. The quantitative estimate of drug-likeness (QED) is 0.845. The van der Waals surface area contributed by atoms with Gasteiger partial charge in [0.2, 0.25) is 11.8 Å². The van der Waals surface area contributed by atoms with Crippen LogP contribution in [0.2, 0.25) is 0 Å². The number of carbonyl (C=O) groups excluding carboxylic acids is 2. The monoisotopic (exact) mass is 318 g/mol. The minimum atomic E-state index is -0.0162. The van der Waals surface area contributed by atoms with Gasteiger partial charge in [0.15, 0.2) is 0 Å². The molecule has 3 heterocycles. The number of rotatable bonds is 3. The van der Waals surface area contributed by atoms with Gasteiger partial charge < -0.3 is 9.80 Å². The zero-order chi connectivity index (χ0) is 16.4. The molecule has 0 unspecified atom stereocenters. The molecule has 3 rings (SSSR count). The third kappa shape index (κ3) is 3.57. The Morgan fingerprint density at radius 2 is 1.87 bits per heavy atom. The molecule has 0 aliphatic carbocycles. The summed E-state index contributed by atoms with van der Waals surface area (Å²) in [6.45, 7) is 7.17. The Morgan fingerprint density at radius 1 is 1.13 bits per heavy atom. The van der Waals surface area contributed by atoms with Crippen LogP contribution in [-0.4, -0.2) is 57.6 Å². The molecule has 2 aliphatic rings. The van der Waals surface area contributed by atoms with E-state index in [0.29, 0.717) is 13.1 Å². The molecule has 0 bridgehead atoms. The predicted molar refractivity (Wildman–Crippen MR) is 86.8 cm³/mol. The fourth-order valence-electron chi connectivity index (χ4n) is 3.62. The molecular formula is C17H26N4O2. The topological polar surface area (TPSA) is 58.4 Å². The molecule has 0 N–H and O–H groups in total. The third-order valence-electron chi connectivity index (χ3n) is 4.95. The maximum absolute atomic E-state index is 12.6. The van der Waals surface area contributed by atoms with Crippen LogP contribution in [0.5, 0.6) is 0 Å². The van der Waals surface area contributed by atoms with Gasteiger partial charge in [-0.15, -0.1) is 0 Å². The Hall–Kier alpha value is -1.85. The molecule has 2 saturated heterocycles. The first-order chi connectivity index (χ1) is 11.0. The smallest absolute Gasteiger partial charge is 0.244 e. The lowest BCUT2D eigenvalue weighted by Gasteiger charge is -2.29. The average Bonchev–Trinajstić information content (AvgIpc) is 3.15. The van der Waals surface area contributed by atoms with Crippen molar-refractivity contribution in [2.75, 3.05) is 26.2 Å². The number of piperidine rings is 1. The molecule has 2 amide bonds. The van der Waals surface area contributed by atoms with Crippen molar-refractivity contribution in [3.05, 3.63) is 17.5 Å². The molecule has 0 aromatic carbocycles. The van der Waals surface area contributed by atoms with Gasteiger partial charge in [0.05, 0.1) is 11.6 Å². The van der Waals surface area contributed by atoms with Gasteiger partial charge in [-0.1, -0.05) is 0 Å². The minimum Gasteiger partial charge on any atom is -0.342 e. The highest BCUT2D eigenvalue weighted by molar-refractivity contribution is 5.82. The van der Waals surface area contributed by atoms with Crippen molar-refractivity contribution in [2.45, 2.75) is 46.1 Å². The molecule has 1 aromatic heterocycles. The number of nitrogens with zero attached hydrogens (tertiary/aromatic N) is 4. The summed E-state index contributed by atoms with van der Waals surface area (Å²) in [6, 6.07) is 1.97. The summed E-state index contributed by atoms with van der Waals surface area (Å²) in [4.78, 5) is 28.8. The van der Waals surface area contributed by atoms with Crippen molar-refractivity contribution in [3.8, 4) is 0 Å². The van der Waals surface area contributed by atoms with Crippen LogP contribution in [0.4, 0.5) is 0 Å². The van der Waals surface area contributed by atoms with E-state index in [1.165, 1.54) is 6.42 Å². The molecule has 0 spiro atoms. The molecule has 1 atom stereocenters. The molecule has 0 saturated carbocycles. The second-order valence-corrected chi connectivity index (χ2v) is 6.80. The van der Waals surface area contributed by atoms with Gasteiger partial charge in [-0.2, -0.15) is 5.10 Å². The van der Waals surface area contributed by atoms with Gasteiger partial charge in [0.1, 0.15) is 6.54 Å². The lowest BCUT2D eigenvalue weighted by molar-refractivity contribution is -0.136. The molecule has 6 nitrogen and oxygen atoms in total. The van der Waals surface area contributed by atoms with Crippen LogP contribution in [-0.2, 0) is 16.1 Å². The molecule has 23 heavy (non-hydrogen) atoms. The Labute approximate surface area is 137 Å². The van der Waals surface area contributed by atoms with E-state index in [9.17, 15) is 9.59 Å². The fourth-order valence-corrected chi connectivity index (χ4v) is 3.62. The number of hydrogen-bond acceptors (Lipinski definition) is 3. The Morgan fingerprint density at radius 3 is 2.52 bits per heavy atom. The van der Waals surface area contributed by atoms with E-state index in [2.05, 4.69) is 5.10 Å². The molecule has 6 heteroatoms. The fraction of sp³-hybridized carbons (Fsp3) is 0.706. The van der Waals surface area contributed by atoms with Gasteiger partial charge in [-0.3, -0.25) is 14.3 Å². The number of carbonyl (C=O) groups is 2. The van der Waals surface area contributed by atoms with Crippen LogP contribution in [0.15, 0.2) is 6.07 Å². The van der Waals surface area contributed by atoms with Gasteiger partial charge in [0, 0.05) is 31.9 Å². The van der Waals surface area contributed by atoms with Crippen molar-refractivity contribution in [1.29, 1.82) is 0 Å². The Kier molecular flexibility index (Phi) is 4.68. The number of likely N-dealkylation sites (tertiary alicyclic amines) is 2. The zero-order valence-electron chi connectivity index (χ0n) is 14.1. The van der Waals surface area contributed by atoms with Crippen LogP contribution < -0.4 is 0 Å². The van der Waals surface area contributed by atoms with Crippen LogP contribution >= 0.6 is 0 Å². The lowest BCUT2D eigenvalue weighted by atomic mass is 10.0. The number of aromatic nitrogens is 2. The highest BCUT2D eigenvalue weighted by Gasteiger charge is 2.34. The Balaban J connectivity index is 1.55. The van der Waals surface area contributed by atoms with E-state index < -0.39 is 0 Å². The van der Waals surface area contributed by atoms with Gasteiger partial charge in [0.25, 0.3) is 0 Å². The molecule has 2 fully saturated rings. The van der Waals surface area contributed by atoms with E-state index in [4.69, 9.17) is 0 Å². The van der Waals surface area contributed by atoms with E-state index >= 15 is 0 Å². The summed E-state index contributed by atoms with van der Waals surface area (Å²) in [5.74, 6) is 0.286. The first-order valence-electron chi connectivity index (χ1n) is 8.62. The summed E-state index contributed by atoms with van der Waals surface area (Å²) in [6.07, 6.45) is 4.23. The maximum Gasteiger partial charge on any atom is 0.244 e. The molecule has 126 valence electrons. The van der Waals surface area contributed by atoms with Gasteiger partial charge >= 0.3 is 0 Å². The number of hydrogen-bond donors (Lipinski definition) is 0. The van der Waals surface area contributed by atoms with Gasteiger partial charge in [-0.25, -0.2) is 0 Å². The van der Waals surface area contributed by atoms with Crippen LogP contribution in [0.1, 0.15) is 37.1 Å². The SMILES string of the molecule is Cc1cc(C)n(CC(=O)N2CC[C@H](C(=O)N3CCCCC3)C2)n1. The van der Waals surface area contributed by atoms with Crippen molar-refractivity contribution < 1.29 is 9.59 Å². The molecule has 1 aromatic rings. The average molecular weight is 318 g/mol.